The first kappa shape index (κ1) is 20.3. The van der Waals surface area contributed by atoms with Gasteiger partial charge in [0.1, 0.15) is 0 Å². The van der Waals surface area contributed by atoms with Crippen LogP contribution in [-0.2, 0) is 16.2 Å². The fraction of sp³-hybridized carbons (Fsp3) is 0.565. The van der Waals surface area contributed by atoms with Crippen LogP contribution in [0.3, 0.4) is 0 Å². The van der Waals surface area contributed by atoms with Crippen molar-refractivity contribution in [1.29, 1.82) is 0 Å². The van der Waals surface area contributed by atoms with Gasteiger partial charge in [-0.3, -0.25) is 0 Å². The zero-order chi connectivity index (χ0) is 18.4. The standard InChI is InChI=1S/C23H36/c1-20(2,3)15-17-18(22(7,8)9)13-16(21(4,5)6)14-19(17)23(10,11)12/h13-15H,1-3H2,4-12H3. The first-order chi connectivity index (χ1) is 9.93. The first-order valence-electron chi connectivity index (χ1n) is 8.54. The monoisotopic (exact) mass is 312 g/mol. The molecule has 23 heavy (non-hydrogen) atoms. The Balaban J connectivity index is 3.82. The predicted molar refractivity (Wildman–Crippen MR) is 104 cm³/mol. The average Bonchev–Trinajstić information content (AvgIpc) is 2.21. The zero-order valence-electron chi connectivity index (χ0n) is 16.9. The van der Waals surface area contributed by atoms with E-state index >= 15 is 0 Å². The average molecular weight is 313 g/mol. The lowest BCUT2D eigenvalue weighted by molar-refractivity contribution is 0.539. The smallest absolute Gasteiger partial charge is 0.00251 e. The van der Waals surface area contributed by atoms with E-state index in [1.165, 1.54) is 22.3 Å². The Morgan fingerprint density at radius 3 is 1.22 bits per heavy atom. The largest absolute Gasteiger partial charge is 0.0561 e. The minimum absolute atomic E-state index is 0.0539. The van der Waals surface area contributed by atoms with Crippen LogP contribution in [0.2, 0.25) is 0 Å². The molecule has 4 radical (unpaired) electrons. The third kappa shape index (κ3) is 5.37. The third-order valence-electron chi connectivity index (χ3n) is 4.11. The number of hydrogen-bond donors (Lipinski definition) is 0. The van der Waals surface area contributed by atoms with Gasteiger partial charge in [-0.05, 0) is 71.1 Å². The van der Waals surface area contributed by atoms with Gasteiger partial charge in [0.15, 0.2) is 0 Å². The van der Waals surface area contributed by atoms with E-state index in [9.17, 15) is 0 Å². The van der Waals surface area contributed by atoms with Crippen LogP contribution < -0.4 is 0 Å². The zero-order valence-corrected chi connectivity index (χ0v) is 16.9. The summed E-state index contributed by atoms with van der Waals surface area (Å²) in [6, 6.07) is 4.74. The Labute approximate surface area is 146 Å². The van der Waals surface area contributed by atoms with E-state index in [1.54, 1.807) is 0 Å². The van der Waals surface area contributed by atoms with Crippen molar-refractivity contribution in [3.8, 4) is 0 Å². The van der Waals surface area contributed by atoms with Crippen molar-refractivity contribution in [3.63, 3.8) is 0 Å². The van der Waals surface area contributed by atoms with E-state index in [4.69, 9.17) is 0 Å². The van der Waals surface area contributed by atoms with Gasteiger partial charge < -0.3 is 0 Å². The summed E-state index contributed by atoms with van der Waals surface area (Å²) in [5, 5.41) is 0. The SMILES string of the molecule is [CH2]C([CH2])([CH2])[CH]c1c(C(C)(C)C)cc(C(C)(C)C)cc1C(C)(C)C. The van der Waals surface area contributed by atoms with Gasteiger partial charge in [0.2, 0.25) is 0 Å². The summed E-state index contributed by atoms with van der Waals surface area (Å²) in [6.07, 6.45) is 2.14. The summed E-state index contributed by atoms with van der Waals surface area (Å²) in [5.74, 6) is 0. The van der Waals surface area contributed by atoms with E-state index < -0.39 is 5.41 Å². The summed E-state index contributed by atoms with van der Waals surface area (Å²) in [4.78, 5) is 0. The highest BCUT2D eigenvalue weighted by Crippen LogP contribution is 2.41. The van der Waals surface area contributed by atoms with Crippen molar-refractivity contribution < 1.29 is 0 Å². The van der Waals surface area contributed by atoms with Crippen molar-refractivity contribution in [3.05, 3.63) is 61.6 Å². The number of hydrogen-bond acceptors (Lipinski definition) is 0. The first-order valence-corrected chi connectivity index (χ1v) is 8.54. The van der Waals surface area contributed by atoms with Gasteiger partial charge >= 0.3 is 0 Å². The van der Waals surface area contributed by atoms with Crippen molar-refractivity contribution >= 4 is 0 Å². The maximum atomic E-state index is 4.11. The Morgan fingerprint density at radius 1 is 0.652 bits per heavy atom. The van der Waals surface area contributed by atoms with Crippen LogP contribution in [-0.4, -0.2) is 0 Å². The molecule has 0 bridgehead atoms. The lowest BCUT2D eigenvalue weighted by atomic mass is 9.69. The summed E-state index contributed by atoms with van der Waals surface area (Å²) < 4.78 is 0. The van der Waals surface area contributed by atoms with Gasteiger partial charge in [-0.2, -0.15) is 0 Å². The highest BCUT2D eigenvalue weighted by molar-refractivity contribution is 5.52. The second-order valence-corrected chi connectivity index (χ2v) is 10.2. The topological polar surface area (TPSA) is 0 Å². The summed E-state index contributed by atoms with van der Waals surface area (Å²) >= 11 is 0. The molecule has 1 rings (SSSR count). The highest BCUT2D eigenvalue weighted by Gasteiger charge is 2.30. The van der Waals surface area contributed by atoms with Gasteiger partial charge in [-0.25, -0.2) is 0 Å². The second kappa shape index (κ2) is 5.94. The molecule has 1 aromatic carbocycles. The molecule has 0 aromatic heterocycles. The second-order valence-electron chi connectivity index (χ2n) is 10.2. The maximum Gasteiger partial charge on any atom is -0.00251 e. The van der Waals surface area contributed by atoms with Crippen molar-refractivity contribution in [2.75, 3.05) is 0 Å². The van der Waals surface area contributed by atoms with Crippen molar-refractivity contribution in [1.82, 2.24) is 0 Å². The minimum atomic E-state index is -0.580. The fourth-order valence-corrected chi connectivity index (χ4v) is 2.79. The van der Waals surface area contributed by atoms with Crippen LogP contribution in [0.4, 0.5) is 0 Å². The molecule has 0 atom stereocenters. The molecule has 128 valence electrons. The molecular formula is C23H36. The molecular weight excluding hydrogens is 276 g/mol. The normalized spacial score (nSPS) is 14.3. The van der Waals surface area contributed by atoms with Crippen LogP contribution in [0.15, 0.2) is 12.1 Å². The molecule has 0 aliphatic rings. The molecule has 0 nitrogen and oxygen atoms in total. The Hall–Kier alpha value is -0.780. The van der Waals surface area contributed by atoms with Gasteiger partial charge in [0, 0.05) is 0 Å². The van der Waals surface area contributed by atoms with Gasteiger partial charge in [0.05, 0.1) is 0 Å². The molecule has 0 saturated heterocycles. The Morgan fingerprint density at radius 2 is 1.00 bits per heavy atom. The molecule has 0 heterocycles. The van der Waals surface area contributed by atoms with E-state index in [1.807, 2.05) is 0 Å². The fourth-order valence-electron chi connectivity index (χ4n) is 2.79. The molecule has 0 amide bonds. The lowest BCUT2D eigenvalue weighted by Crippen LogP contribution is -2.26. The summed E-state index contributed by atoms with van der Waals surface area (Å²) in [7, 11) is 0. The molecule has 0 N–H and O–H groups in total. The molecule has 0 unspecified atom stereocenters. The molecule has 0 fully saturated rings. The van der Waals surface area contributed by atoms with Gasteiger partial charge in [0.25, 0.3) is 0 Å². The Bertz CT molecular complexity index is 511. The quantitative estimate of drug-likeness (QED) is 0.575. The molecule has 0 aliphatic heterocycles. The Kier molecular flexibility index (Phi) is 5.23. The summed E-state index contributed by atoms with van der Waals surface area (Å²) in [6.45, 7) is 32.8. The molecule has 1 aromatic rings. The molecule has 0 heteroatoms. The van der Waals surface area contributed by atoms with Gasteiger partial charge in [-0.15, -0.1) is 0 Å². The van der Waals surface area contributed by atoms with Crippen LogP contribution in [0, 0.1) is 32.6 Å². The van der Waals surface area contributed by atoms with Crippen LogP contribution in [0.1, 0.15) is 84.6 Å². The van der Waals surface area contributed by atoms with E-state index in [2.05, 4.69) is 102 Å². The van der Waals surface area contributed by atoms with E-state index in [-0.39, 0.29) is 16.2 Å². The van der Waals surface area contributed by atoms with Crippen molar-refractivity contribution in [2.45, 2.75) is 78.6 Å². The van der Waals surface area contributed by atoms with Crippen molar-refractivity contribution in [2.24, 2.45) is 5.41 Å². The molecule has 0 saturated carbocycles. The maximum absolute atomic E-state index is 4.11. The van der Waals surface area contributed by atoms with Gasteiger partial charge in [-0.1, -0.05) is 74.4 Å². The molecule has 0 aliphatic carbocycles. The van der Waals surface area contributed by atoms with E-state index in [0.29, 0.717) is 0 Å². The van der Waals surface area contributed by atoms with Crippen LogP contribution >= 0.6 is 0 Å². The van der Waals surface area contributed by atoms with Crippen LogP contribution in [0.5, 0.6) is 0 Å². The lowest BCUT2D eigenvalue weighted by Gasteiger charge is -2.35. The third-order valence-corrected chi connectivity index (χ3v) is 4.11. The number of rotatable bonds is 2. The minimum Gasteiger partial charge on any atom is -0.0561 e. The number of benzene rings is 1. The summed E-state index contributed by atoms with van der Waals surface area (Å²) in [5.41, 5.74) is 5.00. The molecule has 0 spiro atoms. The van der Waals surface area contributed by atoms with E-state index in [0.717, 1.165) is 0 Å². The predicted octanol–water partition coefficient (Wildman–Crippen LogP) is 6.62. The highest BCUT2D eigenvalue weighted by atomic mass is 14.3. The van der Waals surface area contributed by atoms with Crippen LogP contribution in [0.25, 0.3) is 0 Å².